The molecule has 0 bridgehead atoms. The lowest BCUT2D eigenvalue weighted by Gasteiger charge is -2.30. The van der Waals surface area contributed by atoms with Crippen molar-refractivity contribution >= 4 is 23.1 Å². The summed E-state index contributed by atoms with van der Waals surface area (Å²) in [5.41, 5.74) is 6.00. The number of nitro benzene ring substituents is 1. The summed E-state index contributed by atoms with van der Waals surface area (Å²) in [7, 11) is 0. The number of nitrogens with two attached hydrogens (primary N) is 1. The van der Waals surface area contributed by atoms with Gasteiger partial charge >= 0.3 is 0 Å². The number of allylic oxidation sites excluding steroid dienone is 3. The number of hydrogen-bond donors (Lipinski definition) is 1. The van der Waals surface area contributed by atoms with E-state index in [2.05, 4.69) is 0 Å². The van der Waals surface area contributed by atoms with Crippen LogP contribution in [-0.2, 0) is 9.53 Å². The number of carbonyl (C=O) groups excluding carboxylic acids is 1. The maximum absolute atomic E-state index is 12.4. The molecule has 0 saturated heterocycles. The first-order chi connectivity index (χ1) is 11.4. The van der Waals surface area contributed by atoms with Gasteiger partial charge in [-0.05, 0) is 18.6 Å². The number of Topliss-reactive ketones (excluding diaryl/α,β-unsaturated/α-hetero) is 1. The number of nitrogens with zero attached hydrogens (tertiary/aromatic N) is 2. The van der Waals surface area contributed by atoms with Gasteiger partial charge in [0.05, 0.1) is 10.8 Å². The van der Waals surface area contributed by atoms with Crippen molar-refractivity contribution in [1.82, 2.24) is 0 Å². The highest BCUT2D eigenvalue weighted by Crippen LogP contribution is 2.46. The first-order valence-corrected chi connectivity index (χ1v) is 7.59. The molecule has 1 aromatic carbocycles. The minimum atomic E-state index is -0.939. The van der Waals surface area contributed by atoms with Crippen molar-refractivity contribution in [3.63, 3.8) is 0 Å². The lowest BCUT2D eigenvalue weighted by Crippen LogP contribution is -2.27. The zero-order valence-corrected chi connectivity index (χ0v) is 13.2. The predicted molar refractivity (Wildman–Crippen MR) is 84.6 cm³/mol. The first-order valence-electron chi connectivity index (χ1n) is 7.21. The molecule has 0 spiro atoms. The van der Waals surface area contributed by atoms with Gasteiger partial charge in [-0.25, -0.2) is 0 Å². The number of nitriles is 1. The van der Waals surface area contributed by atoms with E-state index in [4.69, 9.17) is 22.1 Å². The van der Waals surface area contributed by atoms with Crippen LogP contribution in [0.1, 0.15) is 30.7 Å². The molecule has 2 N–H and O–H groups in total. The number of rotatable bonds is 2. The van der Waals surface area contributed by atoms with E-state index in [0.29, 0.717) is 25.0 Å². The van der Waals surface area contributed by atoms with Crippen LogP contribution in [0.25, 0.3) is 0 Å². The average molecular weight is 346 g/mol. The fourth-order valence-electron chi connectivity index (χ4n) is 3.09. The van der Waals surface area contributed by atoms with Crippen LogP contribution in [0, 0.1) is 21.4 Å². The molecule has 8 heteroatoms. The number of benzene rings is 1. The van der Waals surface area contributed by atoms with Crippen molar-refractivity contribution in [2.24, 2.45) is 5.73 Å². The van der Waals surface area contributed by atoms with Gasteiger partial charge < -0.3 is 10.5 Å². The molecule has 0 aromatic heterocycles. The Kier molecular flexibility index (Phi) is 3.99. The van der Waals surface area contributed by atoms with Crippen LogP contribution in [0.3, 0.4) is 0 Å². The SMILES string of the molecule is N#CC1=C(N)OC2=C(C(=O)CCC2)[C@@H]1c1cc(Cl)ccc1[N+](=O)[O-]. The molecule has 24 heavy (non-hydrogen) atoms. The second kappa shape index (κ2) is 5.98. The van der Waals surface area contributed by atoms with Crippen molar-refractivity contribution in [2.75, 3.05) is 0 Å². The molecule has 122 valence electrons. The maximum Gasteiger partial charge on any atom is 0.273 e. The molecule has 1 aromatic rings. The van der Waals surface area contributed by atoms with Crippen LogP contribution in [-0.4, -0.2) is 10.7 Å². The van der Waals surface area contributed by atoms with Gasteiger partial charge in [0.2, 0.25) is 5.88 Å². The van der Waals surface area contributed by atoms with Crippen molar-refractivity contribution in [2.45, 2.75) is 25.2 Å². The number of nitro groups is 1. The highest BCUT2D eigenvalue weighted by molar-refractivity contribution is 6.30. The molecule has 3 rings (SSSR count). The zero-order chi connectivity index (χ0) is 17.4. The lowest BCUT2D eigenvalue weighted by molar-refractivity contribution is -0.385. The number of ketones is 1. The predicted octanol–water partition coefficient (Wildman–Crippen LogP) is 3.06. The molecule has 0 unspecified atom stereocenters. The van der Waals surface area contributed by atoms with Crippen LogP contribution < -0.4 is 5.73 Å². The Morgan fingerprint density at radius 3 is 2.83 bits per heavy atom. The van der Waals surface area contributed by atoms with Gasteiger partial charge in [-0.3, -0.25) is 14.9 Å². The molecule has 1 aliphatic carbocycles. The van der Waals surface area contributed by atoms with E-state index in [1.807, 2.05) is 6.07 Å². The lowest BCUT2D eigenvalue weighted by atomic mass is 9.77. The topological polar surface area (TPSA) is 119 Å². The Morgan fingerprint density at radius 2 is 2.17 bits per heavy atom. The van der Waals surface area contributed by atoms with Crippen LogP contribution in [0.2, 0.25) is 5.02 Å². The summed E-state index contributed by atoms with van der Waals surface area (Å²) in [5.74, 6) is -0.895. The van der Waals surface area contributed by atoms with E-state index >= 15 is 0 Å². The van der Waals surface area contributed by atoms with Crippen molar-refractivity contribution < 1.29 is 14.5 Å². The Hall–Kier alpha value is -2.85. The summed E-state index contributed by atoms with van der Waals surface area (Å²) in [4.78, 5) is 23.3. The van der Waals surface area contributed by atoms with Gasteiger partial charge in [-0.1, -0.05) is 11.6 Å². The minimum Gasteiger partial charge on any atom is -0.444 e. The molecule has 1 heterocycles. The van der Waals surface area contributed by atoms with E-state index in [1.165, 1.54) is 18.2 Å². The summed E-state index contributed by atoms with van der Waals surface area (Å²) in [5, 5.41) is 21.1. The zero-order valence-electron chi connectivity index (χ0n) is 12.4. The number of halogens is 1. The van der Waals surface area contributed by atoms with Crippen LogP contribution in [0.15, 0.2) is 41.0 Å². The molecule has 7 nitrogen and oxygen atoms in total. The third-order valence-electron chi connectivity index (χ3n) is 4.10. The highest BCUT2D eigenvalue weighted by atomic mass is 35.5. The Bertz CT molecular complexity index is 867. The first kappa shape index (κ1) is 16.0. The number of ether oxygens (including phenoxy) is 1. The standard InChI is InChI=1S/C16H12ClN3O4/c17-8-4-5-11(20(22)23)9(6-8)14-10(7-18)16(19)24-13-3-1-2-12(21)15(13)14/h4-6,14H,1-3,19H2/t14-/m1/s1. The summed E-state index contributed by atoms with van der Waals surface area (Å²) in [6.07, 6.45) is 1.40. The fourth-order valence-corrected chi connectivity index (χ4v) is 3.27. The van der Waals surface area contributed by atoms with Gasteiger partial charge in [0, 0.05) is 35.1 Å². The van der Waals surface area contributed by atoms with Gasteiger partial charge in [-0.2, -0.15) is 5.26 Å². The fraction of sp³-hybridized carbons (Fsp3) is 0.250. The van der Waals surface area contributed by atoms with Gasteiger partial charge in [-0.15, -0.1) is 0 Å². The second-order valence-corrected chi connectivity index (χ2v) is 5.94. The second-order valence-electron chi connectivity index (χ2n) is 5.50. The Balaban J connectivity index is 2.30. The monoisotopic (exact) mass is 345 g/mol. The largest absolute Gasteiger partial charge is 0.444 e. The van der Waals surface area contributed by atoms with Crippen LogP contribution >= 0.6 is 11.6 Å². The highest BCUT2D eigenvalue weighted by Gasteiger charge is 2.40. The molecule has 1 atom stereocenters. The van der Waals surface area contributed by atoms with Crippen LogP contribution in [0.4, 0.5) is 5.69 Å². The summed E-state index contributed by atoms with van der Waals surface area (Å²) in [6.45, 7) is 0. The minimum absolute atomic E-state index is 0.0191. The Morgan fingerprint density at radius 1 is 1.42 bits per heavy atom. The molecular formula is C16H12ClN3O4. The molecular weight excluding hydrogens is 334 g/mol. The molecule has 0 amide bonds. The van der Waals surface area contributed by atoms with Crippen LogP contribution in [0.5, 0.6) is 0 Å². The quantitative estimate of drug-likeness (QED) is 0.649. The van der Waals surface area contributed by atoms with E-state index in [0.717, 1.165) is 0 Å². The summed E-state index contributed by atoms with van der Waals surface area (Å²) >= 11 is 5.99. The smallest absolute Gasteiger partial charge is 0.273 e. The number of hydrogen-bond acceptors (Lipinski definition) is 6. The molecule has 1 aliphatic heterocycles. The van der Waals surface area contributed by atoms with Crippen molar-refractivity contribution in [1.29, 1.82) is 5.26 Å². The summed E-state index contributed by atoms with van der Waals surface area (Å²) in [6, 6.07) is 5.96. The third-order valence-corrected chi connectivity index (χ3v) is 4.34. The van der Waals surface area contributed by atoms with E-state index in [1.54, 1.807) is 0 Å². The van der Waals surface area contributed by atoms with Crippen molar-refractivity contribution in [3.8, 4) is 6.07 Å². The molecule has 2 aliphatic rings. The molecule has 0 saturated carbocycles. The molecule has 0 radical (unpaired) electrons. The van der Waals surface area contributed by atoms with E-state index in [-0.39, 0.29) is 39.1 Å². The normalized spacial score (nSPS) is 20.3. The Labute approximate surface area is 142 Å². The third kappa shape index (κ3) is 2.51. The van der Waals surface area contributed by atoms with Gasteiger partial charge in [0.1, 0.15) is 17.4 Å². The maximum atomic E-state index is 12.4. The van der Waals surface area contributed by atoms with E-state index in [9.17, 15) is 20.2 Å². The molecule has 0 fully saturated rings. The van der Waals surface area contributed by atoms with E-state index < -0.39 is 10.8 Å². The van der Waals surface area contributed by atoms with Gasteiger partial charge in [0.25, 0.3) is 5.69 Å². The van der Waals surface area contributed by atoms with Gasteiger partial charge in [0.15, 0.2) is 5.78 Å². The summed E-state index contributed by atoms with van der Waals surface area (Å²) < 4.78 is 5.44. The number of carbonyl (C=O) groups is 1. The van der Waals surface area contributed by atoms with Crippen molar-refractivity contribution in [3.05, 3.63) is 61.7 Å². The average Bonchev–Trinajstić information content (AvgIpc) is 2.53.